The summed E-state index contributed by atoms with van der Waals surface area (Å²) in [6.45, 7) is 6.56. The third-order valence-electron chi connectivity index (χ3n) is 2.83. The van der Waals surface area contributed by atoms with Gasteiger partial charge in [-0.15, -0.1) is 11.3 Å². The van der Waals surface area contributed by atoms with Crippen molar-refractivity contribution in [3.8, 4) is 0 Å². The Morgan fingerprint density at radius 3 is 2.80 bits per heavy atom. The van der Waals surface area contributed by atoms with Crippen LogP contribution in [0.5, 0.6) is 0 Å². The summed E-state index contributed by atoms with van der Waals surface area (Å²) in [6.07, 6.45) is 2.51. The largest absolute Gasteiger partial charge is 0.461 e. The molecule has 0 aliphatic rings. The van der Waals surface area contributed by atoms with E-state index in [9.17, 15) is 4.79 Å². The number of rotatable bonds is 5. The number of esters is 1. The number of carbonyl (C=O) groups excluding carboxylic acids is 1. The number of thiazole rings is 1. The van der Waals surface area contributed by atoms with Crippen LogP contribution in [-0.2, 0) is 17.7 Å². The smallest absolute Gasteiger partial charge is 0.360 e. The first-order chi connectivity index (χ1) is 9.56. The topological polar surface area (TPSA) is 83.0 Å². The van der Waals surface area contributed by atoms with Gasteiger partial charge >= 0.3 is 5.97 Å². The number of imidazole rings is 1. The lowest BCUT2D eigenvalue weighted by Crippen LogP contribution is -2.11. The minimum absolute atomic E-state index is 0.192. The molecule has 7 heteroatoms. The Hall–Kier alpha value is -1.89. The third kappa shape index (κ3) is 2.82. The second-order valence-electron chi connectivity index (χ2n) is 4.29. The van der Waals surface area contributed by atoms with Gasteiger partial charge in [-0.25, -0.2) is 14.8 Å². The minimum Gasteiger partial charge on any atom is -0.461 e. The molecule has 2 aromatic rings. The van der Waals surface area contributed by atoms with E-state index >= 15 is 0 Å². The fraction of sp³-hybridized carbons (Fsp3) is 0.462. The maximum absolute atomic E-state index is 11.8. The molecule has 0 aliphatic carbocycles. The van der Waals surface area contributed by atoms with E-state index in [1.54, 1.807) is 18.3 Å². The van der Waals surface area contributed by atoms with Crippen LogP contribution >= 0.6 is 11.3 Å². The van der Waals surface area contributed by atoms with E-state index in [0.717, 1.165) is 15.7 Å². The molecule has 2 N–H and O–H groups in total. The predicted molar refractivity (Wildman–Crippen MR) is 77.9 cm³/mol. The van der Waals surface area contributed by atoms with E-state index in [-0.39, 0.29) is 5.69 Å². The van der Waals surface area contributed by atoms with Crippen LogP contribution in [0.4, 0.5) is 5.82 Å². The number of nitrogens with two attached hydrogens (primary N) is 1. The zero-order chi connectivity index (χ0) is 14.7. The summed E-state index contributed by atoms with van der Waals surface area (Å²) in [4.78, 5) is 21.6. The molecule has 108 valence electrons. The highest BCUT2D eigenvalue weighted by Gasteiger charge is 2.21. The average Bonchev–Trinajstić information content (AvgIpc) is 2.96. The summed E-state index contributed by atoms with van der Waals surface area (Å²) >= 11 is 1.61. The minimum atomic E-state index is -0.478. The molecule has 6 nitrogen and oxygen atoms in total. The van der Waals surface area contributed by atoms with E-state index < -0.39 is 5.97 Å². The summed E-state index contributed by atoms with van der Waals surface area (Å²) in [5.74, 6) is 0.625. The van der Waals surface area contributed by atoms with Gasteiger partial charge in [0, 0.05) is 17.5 Å². The van der Waals surface area contributed by atoms with E-state index in [0.29, 0.717) is 25.4 Å². The van der Waals surface area contributed by atoms with Gasteiger partial charge < -0.3 is 15.0 Å². The van der Waals surface area contributed by atoms with Gasteiger partial charge in [0.25, 0.3) is 0 Å². The molecule has 0 atom stereocenters. The van der Waals surface area contributed by atoms with Gasteiger partial charge in [-0.1, -0.05) is 6.92 Å². The summed E-state index contributed by atoms with van der Waals surface area (Å²) in [5.41, 5.74) is 6.23. The molecular weight excluding hydrogens is 276 g/mol. The van der Waals surface area contributed by atoms with E-state index in [1.807, 2.05) is 24.6 Å². The summed E-state index contributed by atoms with van der Waals surface area (Å²) in [5, 5.41) is 0.941. The van der Waals surface area contributed by atoms with Crippen molar-refractivity contribution in [1.82, 2.24) is 14.5 Å². The lowest BCUT2D eigenvalue weighted by atomic mass is 10.4. The van der Waals surface area contributed by atoms with Crippen LogP contribution in [0.15, 0.2) is 6.20 Å². The molecule has 0 fully saturated rings. The lowest BCUT2D eigenvalue weighted by molar-refractivity contribution is 0.0521. The SMILES string of the molecule is CCOC(=O)c1nc(CC)n(Cc2ncc(C)s2)c1N. The monoisotopic (exact) mass is 294 g/mol. The molecular formula is C13H18N4O2S. The van der Waals surface area contributed by atoms with Crippen molar-refractivity contribution < 1.29 is 9.53 Å². The van der Waals surface area contributed by atoms with Gasteiger partial charge in [-0.3, -0.25) is 0 Å². The lowest BCUT2D eigenvalue weighted by Gasteiger charge is -2.06. The Morgan fingerprint density at radius 2 is 2.25 bits per heavy atom. The van der Waals surface area contributed by atoms with Crippen LogP contribution in [0.1, 0.15) is 40.0 Å². The zero-order valence-corrected chi connectivity index (χ0v) is 12.7. The van der Waals surface area contributed by atoms with Crippen molar-refractivity contribution in [2.45, 2.75) is 33.7 Å². The number of nitrogens with zero attached hydrogens (tertiary/aromatic N) is 3. The molecule has 0 aliphatic heterocycles. The first kappa shape index (κ1) is 14.5. The van der Waals surface area contributed by atoms with Gasteiger partial charge in [0.2, 0.25) is 0 Å². The highest BCUT2D eigenvalue weighted by atomic mass is 32.1. The molecule has 0 aromatic carbocycles. The van der Waals surface area contributed by atoms with Crippen LogP contribution in [-0.4, -0.2) is 27.1 Å². The standard InChI is InChI=1S/C13H18N4O2S/c1-4-9-16-11(13(18)19-5-2)12(14)17(9)7-10-15-6-8(3)20-10/h6H,4-5,7,14H2,1-3H3. The fourth-order valence-electron chi connectivity index (χ4n) is 1.92. The Kier molecular flexibility index (Phi) is 4.39. The van der Waals surface area contributed by atoms with Crippen molar-refractivity contribution >= 4 is 23.1 Å². The quantitative estimate of drug-likeness (QED) is 0.853. The summed E-state index contributed by atoms with van der Waals surface area (Å²) in [7, 11) is 0. The highest BCUT2D eigenvalue weighted by molar-refractivity contribution is 7.11. The number of hydrogen-bond donors (Lipinski definition) is 1. The molecule has 0 spiro atoms. The summed E-state index contributed by atoms with van der Waals surface area (Å²) < 4.78 is 6.79. The van der Waals surface area contributed by atoms with Crippen LogP contribution in [0.3, 0.4) is 0 Å². The number of nitrogen functional groups attached to an aromatic ring is 1. The Bertz CT molecular complexity index is 618. The third-order valence-corrected chi connectivity index (χ3v) is 3.73. The van der Waals surface area contributed by atoms with Crippen LogP contribution in [0.2, 0.25) is 0 Å². The number of carbonyl (C=O) groups is 1. The van der Waals surface area contributed by atoms with Crippen molar-refractivity contribution in [2.24, 2.45) is 0 Å². The number of aromatic nitrogens is 3. The van der Waals surface area contributed by atoms with Crippen LogP contribution in [0.25, 0.3) is 0 Å². The van der Waals surface area contributed by atoms with Crippen molar-refractivity contribution in [3.63, 3.8) is 0 Å². The zero-order valence-electron chi connectivity index (χ0n) is 11.8. The van der Waals surface area contributed by atoms with Crippen molar-refractivity contribution in [1.29, 1.82) is 0 Å². The molecule has 2 rings (SSSR count). The van der Waals surface area contributed by atoms with E-state index in [4.69, 9.17) is 10.5 Å². The first-order valence-electron chi connectivity index (χ1n) is 6.50. The Morgan fingerprint density at radius 1 is 1.50 bits per heavy atom. The highest BCUT2D eigenvalue weighted by Crippen LogP contribution is 2.20. The predicted octanol–water partition coefficient (Wildman–Crippen LogP) is 2.02. The maximum Gasteiger partial charge on any atom is 0.360 e. The average molecular weight is 294 g/mol. The van der Waals surface area contributed by atoms with Gasteiger partial charge in [0.15, 0.2) is 5.69 Å². The van der Waals surface area contributed by atoms with Crippen molar-refractivity contribution in [3.05, 3.63) is 27.6 Å². The molecule has 20 heavy (non-hydrogen) atoms. The molecule has 0 amide bonds. The van der Waals surface area contributed by atoms with E-state index in [1.165, 1.54) is 0 Å². The molecule has 0 saturated carbocycles. The molecule has 0 radical (unpaired) electrons. The molecule has 0 saturated heterocycles. The Labute approximate surface area is 121 Å². The van der Waals surface area contributed by atoms with Gasteiger partial charge in [-0.2, -0.15) is 0 Å². The number of ether oxygens (including phenoxy) is 1. The summed E-state index contributed by atoms with van der Waals surface area (Å²) in [6, 6.07) is 0. The fourth-order valence-corrected chi connectivity index (χ4v) is 2.70. The number of aryl methyl sites for hydroxylation is 2. The van der Waals surface area contributed by atoms with E-state index in [2.05, 4.69) is 9.97 Å². The van der Waals surface area contributed by atoms with Crippen LogP contribution in [0, 0.1) is 6.92 Å². The van der Waals surface area contributed by atoms with Gasteiger partial charge in [0.05, 0.1) is 13.2 Å². The van der Waals surface area contributed by atoms with Gasteiger partial charge in [-0.05, 0) is 13.8 Å². The second kappa shape index (κ2) is 6.04. The number of hydrogen-bond acceptors (Lipinski definition) is 6. The van der Waals surface area contributed by atoms with Crippen molar-refractivity contribution in [2.75, 3.05) is 12.3 Å². The molecule has 2 aromatic heterocycles. The van der Waals surface area contributed by atoms with Gasteiger partial charge in [0.1, 0.15) is 16.6 Å². The normalized spacial score (nSPS) is 10.8. The second-order valence-corrected chi connectivity index (χ2v) is 5.61. The Balaban J connectivity index is 2.34. The molecule has 2 heterocycles. The van der Waals surface area contributed by atoms with Crippen LogP contribution < -0.4 is 5.73 Å². The molecule has 0 bridgehead atoms. The number of anilines is 1. The maximum atomic E-state index is 11.8. The first-order valence-corrected chi connectivity index (χ1v) is 7.31. The molecule has 0 unspecified atom stereocenters.